The molecule has 10 rings (SSSR count). The number of hydrogen-bond donors (Lipinski definition) is 4. The molecule has 0 bridgehead atoms. The quantitative estimate of drug-likeness (QED) is 0.0636. The minimum absolute atomic E-state index is 0.211. The Morgan fingerprint density at radius 3 is 1.51 bits per heavy atom. The number of aromatic nitrogens is 9. The molecule has 1 fully saturated rings. The molecule has 0 aliphatic carbocycles. The first kappa shape index (κ1) is 49.3. The van der Waals surface area contributed by atoms with Crippen molar-refractivity contribution >= 4 is 82.1 Å². The number of pyridine rings is 3. The summed E-state index contributed by atoms with van der Waals surface area (Å²) in [5.41, 5.74) is 2.36. The standard InChI is InChI=1S/C19H25N5S.C16H16N4OS.C16H18N4OS/c1-4-24(5-2)12-9-14(3)21-17-15-10-13-25-19(15)23-18(22-17)16-8-6-7-11-20-16;1-2-7-17-13(5-1)15-19-14(12-6-9-22-16(12)20-15)18-10-11-4-3-8-21-11;1-11(5-4-9-21)18-14-12-7-10-22-16(12)20-15(19-14)13-6-2-3-8-17-13/h6-8,10-11,13-14H,4-5,9,12H2,1-3H3,(H,21,22,23);1-2,5-7,9,11H,3-4,8,10H2,(H,18,19,20);2-3,6-8,10-11,21H,4-5,9H2,1H3,(H,18,19,20). The van der Waals surface area contributed by atoms with Crippen molar-refractivity contribution in [1.82, 2.24) is 49.8 Å². The van der Waals surface area contributed by atoms with Gasteiger partial charge in [0.05, 0.1) is 22.3 Å². The summed E-state index contributed by atoms with van der Waals surface area (Å²) >= 11 is 4.85. The van der Waals surface area contributed by atoms with E-state index in [9.17, 15) is 0 Å². The zero-order valence-corrected chi connectivity index (χ0v) is 41.9. The summed E-state index contributed by atoms with van der Waals surface area (Å²) in [5.74, 6) is 4.56. The molecule has 4 N–H and O–H groups in total. The lowest BCUT2D eigenvalue weighted by Crippen LogP contribution is -2.28. The average molecular weight is 982 g/mol. The van der Waals surface area contributed by atoms with Crippen molar-refractivity contribution in [3.8, 4) is 34.6 Å². The molecular formula is C51H59N13O2S3. The van der Waals surface area contributed by atoms with Crippen molar-refractivity contribution < 1.29 is 9.84 Å². The van der Waals surface area contributed by atoms with Crippen LogP contribution in [0, 0.1) is 0 Å². The van der Waals surface area contributed by atoms with Gasteiger partial charge in [-0.25, -0.2) is 29.9 Å². The van der Waals surface area contributed by atoms with E-state index < -0.39 is 0 Å². The van der Waals surface area contributed by atoms with Crippen LogP contribution in [-0.4, -0.2) is 112 Å². The van der Waals surface area contributed by atoms with Gasteiger partial charge in [-0.15, -0.1) is 34.0 Å². The molecule has 3 atom stereocenters. The van der Waals surface area contributed by atoms with Gasteiger partial charge in [0, 0.05) is 57.0 Å². The molecule has 18 heteroatoms. The third kappa shape index (κ3) is 13.3. The van der Waals surface area contributed by atoms with Gasteiger partial charge in [-0.2, -0.15) is 0 Å². The molecule has 0 amide bonds. The molecule has 0 aromatic carbocycles. The van der Waals surface area contributed by atoms with Crippen molar-refractivity contribution in [2.24, 2.45) is 0 Å². The van der Waals surface area contributed by atoms with Gasteiger partial charge in [0.15, 0.2) is 17.5 Å². The zero-order chi connectivity index (χ0) is 47.8. The van der Waals surface area contributed by atoms with Crippen molar-refractivity contribution in [2.75, 3.05) is 55.3 Å². The molecule has 1 saturated heterocycles. The second kappa shape index (κ2) is 24.9. The van der Waals surface area contributed by atoms with E-state index >= 15 is 0 Å². The van der Waals surface area contributed by atoms with E-state index in [4.69, 9.17) is 14.8 Å². The molecular weight excluding hydrogens is 923 g/mol. The summed E-state index contributed by atoms with van der Waals surface area (Å²) < 4.78 is 5.67. The monoisotopic (exact) mass is 981 g/mol. The normalized spacial score (nSPS) is 14.3. The Hall–Kier alpha value is -6.15. The number of anilines is 3. The Morgan fingerprint density at radius 1 is 0.623 bits per heavy atom. The van der Waals surface area contributed by atoms with E-state index in [1.165, 1.54) is 0 Å². The molecule has 1 aliphatic rings. The van der Waals surface area contributed by atoms with Crippen LogP contribution in [0.4, 0.5) is 17.5 Å². The van der Waals surface area contributed by atoms with Gasteiger partial charge in [-0.05, 0) is 130 Å². The van der Waals surface area contributed by atoms with Crippen LogP contribution in [0.5, 0.6) is 0 Å². The van der Waals surface area contributed by atoms with Crippen LogP contribution in [0.2, 0.25) is 0 Å². The first-order valence-corrected chi connectivity index (χ1v) is 26.2. The molecule has 15 nitrogen and oxygen atoms in total. The fraction of sp³-hybridized carbons (Fsp3) is 0.353. The largest absolute Gasteiger partial charge is 0.396 e. The lowest BCUT2D eigenvalue weighted by atomic mass is 10.2. The molecule has 0 saturated carbocycles. The maximum absolute atomic E-state index is 8.95. The van der Waals surface area contributed by atoms with E-state index in [0.29, 0.717) is 23.5 Å². The SMILES string of the molecule is CC(CCCO)Nc1nc(-c2ccccn2)nc2sccc12.CCN(CC)CCC(C)Nc1nc(-c2ccccn2)nc2sccc12.c1ccc(-c2nc(NCC3CCCO3)c3ccsc3n2)nc1. The Kier molecular flexibility index (Phi) is 17.8. The molecule has 0 spiro atoms. The summed E-state index contributed by atoms with van der Waals surface area (Å²) in [6, 6.07) is 24.1. The van der Waals surface area contributed by atoms with Crippen LogP contribution >= 0.6 is 34.0 Å². The van der Waals surface area contributed by atoms with Gasteiger partial charge < -0.3 is 30.7 Å². The molecule has 9 aromatic heterocycles. The molecule has 0 radical (unpaired) electrons. The van der Waals surface area contributed by atoms with E-state index in [1.807, 2.05) is 71.4 Å². The lowest BCUT2D eigenvalue weighted by Gasteiger charge is -2.21. The fourth-order valence-electron chi connectivity index (χ4n) is 7.69. The average Bonchev–Trinajstić information content (AvgIpc) is 4.26. The number of fused-ring (bicyclic) bond motifs is 3. The number of nitrogens with one attached hydrogen (secondary N) is 3. The molecule has 358 valence electrons. The third-order valence-electron chi connectivity index (χ3n) is 11.5. The van der Waals surface area contributed by atoms with Gasteiger partial charge in [-0.3, -0.25) is 15.0 Å². The number of rotatable bonds is 18. The highest BCUT2D eigenvalue weighted by Crippen LogP contribution is 2.31. The lowest BCUT2D eigenvalue weighted by molar-refractivity contribution is 0.120. The summed E-state index contributed by atoms with van der Waals surface area (Å²) in [6.45, 7) is 13.9. The maximum atomic E-state index is 8.95. The highest BCUT2D eigenvalue weighted by molar-refractivity contribution is 7.17. The number of thiophene rings is 3. The molecule has 10 heterocycles. The Bertz CT molecular complexity index is 2950. The number of aliphatic hydroxyl groups is 1. The number of nitrogens with zero attached hydrogens (tertiary/aromatic N) is 10. The predicted molar refractivity (Wildman–Crippen MR) is 284 cm³/mol. The van der Waals surface area contributed by atoms with Crippen molar-refractivity contribution in [1.29, 1.82) is 0 Å². The number of aliphatic hydroxyl groups excluding tert-OH is 1. The summed E-state index contributed by atoms with van der Waals surface area (Å²) in [5, 5.41) is 28.7. The van der Waals surface area contributed by atoms with E-state index in [1.54, 1.807) is 52.6 Å². The number of ether oxygens (including phenoxy) is 1. The van der Waals surface area contributed by atoms with E-state index in [2.05, 4.69) is 106 Å². The summed E-state index contributed by atoms with van der Waals surface area (Å²) in [7, 11) is 0. The molecule has 69 heavy (non-hydrogen) atoms. The van der Waals surface area contributed by atoms with Crippen LogP contribution < -0.4 is 16.0 Å². The fourth-order valence-corrected chi connectivity index (χ4v) is 9.98. The summed E-state index contributed by atoms with van der Waals surface area (Å²) in [4.78, 5) is 46.4. The third-order valence-corrected chi connectivity index (χ3v) is 13.9. The highest BCUT2D eigenvalue weighted by Gasteiger charge is 2.18. The highest BCUT2D eigenvalue weighted by atomic mass is 32.1. The topological polar surface area (TPSA) is 185 Å². The van der Waals surface area contributed by atoms with E-state index in [0.717, 1.165) is 130 Å². The molecule has 3 unspecified atom stereocenters. The van der Waals surface area contributed by atoms with Crippen molar-refractivity contribution in [3.05, 3.63) is 108 Å². The van der Waals surface area contributed by atoms with Crippen LogP contribution in [0.15, 0.2) is 108 Å². The van der Waals surface area contributed by atoms with Crippen LogP contribution in [0.1, 0.15) is 59.8 Å². The second-order valence-corrected chi connectivity index (χ2v) is 19.2. The van der Waals surface area contributed by atoms with Gasteiger partial charge in [0.1, 0.15) is 49.0 Å². The Labute approximate surface area is 415 Å². The van der Waals surface area contributed by atoms with Gasteiger partial charge in [0.25, 0.3) is 0 Å². The first-order valence-electron chi connectivity index (χ1n) is 23.6. The Balaban J connectivity index is 0.000000140. The second-order valence-electron chi connectivity index (χ2n) is 16.5. The maximum Gasteiger partial charge on any atom is 0.181 e. The first-order chi connectivity index (χ1) is 33.9. The molecule has 9 aromatic rings. The van der Waals surface area contributed by atoms with Crippen molar-refractivity contribution in [2.45, 2.75) is 78.0 Å². The zero-order valence-electron chi connectivity index (χ0n) is 39.5. The molecule has 1 aliphatic heterocycles. The van der Waals surface area contributed by atoms with Crippen molar-refractivity contribution in [3.63, 3.8) is 0 Å². The predicted octanol–water partition coefficient (Wildman–Crippen LogP) is 11.0. The van der Waals surface area contributed by atoms with Crippen LogP contribution in [-0.2, 0) is 4.74 Å². The van der Waals surface area contributed by atoms with Gasteiger partial charge in [-0.1, -0.05) is 32.0 Å². The van der Waals surface area contributed by atoms with Gasteiger partial charge >= 0.3 is 0 Å². The smallest absolute Gasteiger partial charge is 0.181 e. The van der Waals surface area contributed by atoms with Gasteiger partial charge in [0.2, 0.25) is 0 Å². The number of hydrogen-bond acceptors (Lipinski definition) is 18. The van der Waals surface area contributed by atoms with E-state index in [-0.39, 0.29) is 18.8 Å². The minimum atomic E-state index is 0.211. The summed E-state index contributed by atoms with van der Waals surface area (Å²) in [6.07, 6.45) is 10.6. The van der Waals surface area contributed by atoms with Crippen LogP contribution in [0.3, 0.4) is 0 Å². The minimum Gasteiger partial charge on any atom is -0.396 e. The van der Waals surface area contributed by atoms with Crippen LogP contribution in [0.25, 0.3) is 65.2 Å². The Morgan fingerprint density at radius 2 is 1.09 bits per heavy atom.